The average molecular weight is 403 g/mol. The number of aliphatic hydroxyl groups is 3. The number of aromatic amines is 2. The predicted octanol–water partition coefficient (Wildman–Crippen LogP) is -2.33. The smallest absolute Gasteiger partial charge is 0.280 e. The van der Waals surface area contributed by atoms with Crippen LogP contribution in [-0.2, 0) is 4.74 Å². The highest BCUT2D eigenvalue weighted by Gasteiger charge is 2.44. The summed E-state index contributed by atoms with van der Waals surface area (Å²) < 4.78 is 6.64. The first-order chi connectivity index (χ1) is 14.0. The van der Waals surface area contributed by atoms with E-state index in [1.165, 1.54) is 17.2 Å². The Hall–Kier alpha value is -3.46. The van der Waals surface area contributed by atoms with Crippen LogP contribution in [0.3, 0.4) is 0 Å². The molecule has 0 amide bonds. The van der Waals surface area contributed by atoms with Crippen LogP contribution in [-0.4, -0.2) is 79.7 Å². The third-order valence-corrected chi connectivity index (χ3v) is 4.34. The molecule has 7 N–H and O–H groups in total. The highest BCUT2D eigenvalue weighted by molar-refractivity contribution is 5.70. The maximum Gasteiger partial charge on any atom is 0.280 e. The maximum absolute atomic E-state index is 11.7. The number of rotatable bonds is 2. The van der Waals surface area contributed by atoms with Crippen molar-refractivity contribution in [2.45, 2.75) is 24.5 Å². The summed E-state index contributed by atoms with van der Waals surface area (Å²) >= 11 is 0. The molecule has 29 heavy (non-hydrogen) atoms. The molecular weight excluding hydrogens is 386 g/mol. The van der Waals surface area contributed by atoms with E-state index >= 15 is 0 Å². The van der Waals surface area contributed by atoms with Gasteiger partial charge in [-0.25, -0.2) is 19.9 Å². The second kappa shape index (κ2) is 7.51. The maximum atomic E-state index is 11.7. The van der Waals surface area contributed by atoms with Gasteiger partial charge in [0.05, 0.1) is 25.5 Å². The van der Waals surface area contributed by atoms with Crippen LogP contribution in [0.15, 0.2) is 30.0 Å². The van der Waals surface area contributed by atoms with Gasteiger partial charge >= 0.3 is 0 Å². The van der Waals surface area contributed by atoms with Crippen LogP contribution < -0.4 is 11.3 Å². The zero-order valence-electron chi connectivity index (χ0n) is 14.7. The molecule has 0 spiro atoms. The number of hydrogen-bond acceptors (Lipinski definition) is 11. The first kappa shape index (κ1) is 18.9. The van der Waals surface area contributed by atoms with Crippen molar-refractivity contribution < 1.29 is 20.1 Å². The van der Waals surface area contributed by atoms with Crippen molar-refractivity contribution in [2.75, 3.05) is 12.3 Å². The summed E-state index contributed by atoms with van der Waals surface area (Å²) in [6.07, 6.45) is 1.55. The van der Waals surface area contributed by atoms with Gasteiger partial charge < -0.3 is 30.8 Å². The zero-order chi connectivity index (χ0) is 20.5. The quantitative estimate of drug-likeness (QED) is 0.209. The molecule has 0 saturated carbocycles. The normalized spacial score (nSPS) is 24.0. The number of nitrogens with two attached hydrogens (primary N) is 1. The van der Waals surface area contributed by atoms with Gasteiger partial charge in [0.25, 0.3) is 5.56 Å². The Labute approximate surface area is 161 Å². The molecule has 1 aliphatic heterocycles. The molecule has 14 nitrogen and oxygen atoms in total. The highest BCUT2D eigenvalue weighted by Crippen LogP contribution is 2.30. The van der Waals surface area contributed by atoms with Gasteiger partial charge in [-0.2, -0.15) is 4.98 Å². The molecule has 152 valence electrons. The molecule has 1 saturated heterocycles. The van der Waals surface area contributed by atoms with Crippen molar-refractivity contribution in [1.29, 1.82) is 0 Å². The molecule has 0 bridgehead atoms. The lowest BCUT2D eigenvalue weighted by atomic mass is 10.1. The lowest BCUT2D eigenvalue weighted by Crippen LogP contribution is -2.33. The van der Waals surface area contributed by atoms with E-state index in [1.54, 1.807) is 12.5 Å². The molecular formula is C15H17N9O5. The number of aliphatic hydroxyl groups excluding tert-OH is 3. The van der Waals surface area contributed by atoms with Gasteiger partial charge in [-0.1, -0.05) is 0 Å². The van der Waals surface area contributed by atoms with Gasteiger partial charge in [-0.3, -0.25) is 14.3 Å². The molecule has 4 atom stereocenters. The number of nitrogens with one attached hydrogen (secondary N) is 2. The molecule has 0 aliphatic carbocycles. The van der Waals surface area contributed by atoms with E-state index in [0.717, 1.165) is 5.52 Å². The zero-order valence-corrected chi connectivity index (χ0v) is 14.7. The molecule has 5 rings (SSSR count). The van der Waals surface area contributed by atoms with Gasteiger partial charge in [0.1, 0.15) is 30.2 Å². The fourth-order valence-corrected chi connectivity index (χ4v) is 2.93. The van der Waals surface area contributed by atoms with Crippen molar-refractivity contribution in [3.63, 3.8) is 0 Å². The number of imidazole rings is 2. The van der Waals surface area contributed by atoms with Crippen LogP contribution in [0.25, 0.3) is 22.3 Å². The van der Waals surface area contributed by atoms with Crippen LogP contribution >= 0.6 is 0 Å². The number of H-pyrrole nitrogens is 2. The van der Waals surface area contributed by atoms with Crippen molar-refractivity contribution in [3.8, 4) is 0 Å². The summed E-state index contributed by atoms with van der Waals surface area (Å²) in [6, 6.07) is 0. The third-order valence-electron chi connectivity index (χ3n) is 4.34. The van der Waals surface area contributed by atoms with E-state index in [2.05, 4.69) is 34.9 Å². The van der Waals surface area contributed by atoms with Gasteiger partial charge in [-0.15, -0.1) is 0 Å². The summed E-state index contributed by atoms with van der Waals surface area (Å²) in [7, 11) is 0. The van der Waals surface area contributed by atoms with E-state index in [-0.39, 0.29) is 17.1 Å². The Morgan fingerprint density at radius 2 is 2.07 bits per heavy atom. The van der Waals surface area contributed by atoms with Crippen LogP contribution in [0.4, 0.5) is 5.95 Å². The number of nitrogens with zero attached hydrogens (tertiary/aromatic N) is 6. The highest BCUT2D eigenvalue weighted by atomic mass is 16.6. The summed E-state index contributed by atoms with van der Waals surface area (Å²) in [5.74, 6) is -0.101. The molecule has 14 heteroatoms. The average Bonchev–Trinajstić information content (AvgIpc) is 3.41. The minimum absolute atomic E-state index is 0.0388. The minimum Gasteiger partial charge on any atom is -0.394 e. The molecule has 0 aromatic carbocycles. The SMILES string of the molecule is Nc1nc2c(ncn2C2OC(CO)C(O)C2O)c(=O)[nH]1.c1ncc2[nH]cnc2n1. The molecule has 0 radical (unpaired) electrons. The Balaban J connectivity index is 0.000000188. The van der Waals surface area contributed by atoms with Crippen molar-refractivity contribution in [2.24, 2.45) is 0 Å². The molecule has 4 aromatic heterocycles. The fraction of sp³-hybridized carbons (Fsp3) is 0.333. The first-order valence-corrected chi connectivity index (χ1v) is 8.43. The van der Waals surface area contributed by atoms with Crippen LogP contribution in [0.1, 0.15) is 6.23 Å². The monoisotopic (exact) mass is 403 g/mol. The minimum atomic E-state index is -1.29. The lowest BCUT2D eigenvalue weighted by Gasteiger charge is -2.16. The van der Waals surface area contributed by atoms with E-state index in [9.17, 15) is 15.0 Å². The van der Waals surface area contributed by atoms with Crippen molar-refractivity contribution in [3.05, 3.63) is 35.5 Å². The number of ether oxygens (including phenoxy) is 1. The Morgan fingerprint density at radius 3 is 2.79 bits per heavy atom. The van der Waals surface area contributed by atoms with Crippen molar-refractivity contribution in [1.82, 2.24) is 39.5 Å². The van der Waals surface area contributed by atoms with Gasteiger partial charge in [-0.05, 0) is 0 Å². The van der Waals surface area contributed by atoms with E-state index in [1.807, 2.05) is 0 Å². The summed E-state index contributed by atoms with van der Waals surface area (Å²) in [5.41, 5.74) is 6.70. The summed E-state index contributed by atoms with van der Waals surface area (Å²) in [6.45, 7) is -0.447. The predicted molar refractivity (Wildman–Crippen MR) is 97.3 cm³/mol. The Bertz CT molecular complexity index is 1160. The van der Waals surface area contributed by atoms with E-state index in [0.29, 0.717) is 5.65 Å². The van der Waals surface area contributed by atoms with Crippen LogP contribution in [0, 0.1) is 0 Å². The molecule has 4 aromatic rings. The van der Waals surface area contributed by atoms with Gasteiger partial charge in [0.15, 0.2) is 23.0 Å². The third kappa shape index (κ3) is 3.40. The molecule has 4 unspecified atom stereocenters. The second-order valence-corrected chi connectivity index (χ2v) is 6.17. The number of aromatic nitrogens is 8. The van der Waals surface area contributed by atoms with Crippen LogP contribution in [0.5, 0.6) is 0 Å². The van der Waals surface area contributed by atoms with E-state index in [4.69, 9.17) is 15.6 Å². The lowest BCUT2D eigenvalue weighted by molar-refractivity contribution is -0.0511. The second-order valence-electron chi connectivity index (χ2n) is 6.17. The standard InChI is InChI=1S/C10H13N5O5.C5H4N4/c11-10-13-7-4(8(19)14-10)12-2-15(7)9-6(18)5(17)3(1-16)20-9;1-4-5(8-2-6-1)9-3-7-4/h2-3,5-6,9,16-18H,1H2,(H3,11,13,14,19);1-3H,(H,6,7,8,9). The topological polar surface area (TPSA) is 214 Å². The molecule has 1 fully saturated rings. The van der Waals surface area contributed by atoms with Gasteiger partial charge in [0, 0.05) is 0 Å². The number of hydrogen-bond donors (Lipinski definition) is 6. The number of anilines is 1. The Morgan fingerprint density at radius 1 is 1.24 bits per heavy atom. The number of nitrogen functional groups attached to an aromatic ring is 1. The summed E-state index contributed by atoms with van der Waals surface area (Å²) in [5, 5.41) is 28.7. The van der Waals surface area contributed by atoms with Crippen LogP contribution in [0.2, 0.25) is 0 Å². The number of fused-ring (bicyclic) bond motifs is 2. The van der Waals surface area contributed by atoms with Crippen molar-refractivity contribution >= 4 is 28.3 Å². The fourth-order valence-electron chi connectivity index (χ4n) is 2.93. The first-order valence-electron chi connectivity index (χ1n) is 8.43. The van der Waals surface area contributed by atoms with E-state index < -0.39 is 36.7 Å². The summed E-state index contributed by atoms with van der Waals surface area (Å²) in [4.78, 5) is 36.3. The van der Waals surface area contributed by atoms with Gasteiger partial charge in [0.2, 0.25) is 5.95 Å². The largest absolute Gasteiger partial charge is 0.394 e. The molecule has 1 aliphatic rings. The molecule has 5 heterocycles. The Kier molecular flexibility index (Phi) is 4.89.